The molecular weight excluding hydrogens is 128 g/mol. The molecule has 0 aromatic rings. The molecule has 0 radical (unpaired) electrons. The van der Waals surface area contributed by atoms with Gasteiger partial charge in [0.1, 0.15) is 0 Å². The SMILES string of the molecule is C=CCC1OC(O)CC1C. The third-order valence-corrected chi connectivity index (χ3v) is 1.94. The Kier molecular flexibility index (Phi) is 2.46. The summed E-state index contributed by atoms with van der Waals surface area (Å²) in [5.74, 6) is 0.466. The number of hydrogen-bond donors (Lipinski definition) is 1. The van der Waals surface area contributed by atoms with Crippen molar-refractivity contribution in [1.29, 1.82) is 0 Å². The van der Waals surface area contributed by atoms with E-state index in [9.17, 15) is 0 Å². The normalized spacial score (nSPS) is 40.0. The van der Waals surface area contributed by atoms with E-state index < -0.39 is 6.29 Å². The van der Waals surface area contributed by atoms with Gasteiger partial charge in [-0.25, -0.2) is 0 Å². The third-order valence-electron chi connectivity index (χ3n) is 1.94. The van der Waals surface area contributed by atoms with Crippen molar-refractivity contribution in [3.8, 4) is 0 Å². The fraction of sp³-hybridized carbons (Fsp3) is 0.750. The van der Waals surface area contributed by atoms with Crippen LogP contribution in [0.25, 0.3) is 0 Å². The van der Waals surface area contributed by atoms with Gasteiger partial charge in [-0.05, 0) is 12.3 Å². The molecule has 10 heavy (non-hydrogen) atoms. The van der Waals surface area contributed by atoms with Crippen LogP contribution in [-0.2, 0) is 4.74 Å². The van der Waals surface area contributed by atoms with Crippen LogP contribution in [0.15, 0.2) is 12.7 Å². The lowest BCUT2D eigenvalue weighted by molar-refractivity contribution is -0.0904. The van der Waals surface area contributed by atoms with Gasteiger partial charge in [-0.15, -0.1) is 6.58 Å². The molecule has 0 saturated carbocycles. The molecule has 3 atom stereocenters. The zero-order chi connectivity index (χ0) is 7.56. The number of rotatable bonds is 2. The number of hydrogen-bond acceptors (Lipinski definition) is 2. The Labute approximate surface area is 61.5 Å². The molecule has 0 spiro atoms. The van der Waals surface area contributed by atoms with E-state index >= 15 is 0 Å². The Hall–Kier alpha value is -0.340. The first-order valence-electron chi connectivity index (χ1n) is 3.68. The third kappa shape index (κ3) is 1.58. The average molecular weight is 142 g/mol. The zero-order valence-electron chi connectivity index (χ0n) is 6.29. The van der Waals surface area contributed by atoms with Crippen molar-refractivity contribution in [2.45, 2.75) is 32.2 Å². The van der Waals surface area contributed by atoms with Crippen LogP contribution in [0.4, 0.5) is 0 Å². The van der Waals surface area contributed by atoms with Crippen molar-refractivity contribution >= 4 is 0 Å². The minimum atomic E-state index is -0.542. The average Bonchev–Trinajstić information content (AvgIpc) is 2.13. The van der Waals surface area contributed by atoms with E-state index in [1.54, 1.807) is 0 Å². The summed E-state index contributed by atoms with van der Waals surface area (Å²) in [7, 11) is 0. The Bertz CT molecular complexity index is 122. The van der Waals surface area contributed by atoms with Crippen LogP contribution in [0.1, 0.15) is 19.8 Å². The van der Waals surface area contributed by atoms with Gasteiger partial charge >= 0.3 is 0 Å². The largest absolute Gasteiger partial charge is 0.368 e. The maximum Gasteiger partial charge on any atom is 0.155 e. The molecule has 2 nitrogen and oxygen atoms in total. The highest BCUT2D eigenvalue weighted by molar-refractivity contribution is 4.81. The van der Waals surface area contributed by atoms with Gasteiger partial charge in [0.25, 0.3) is 0 Å². The Morgan fingerprint density at radius 1 is 1.80 bits per heavy atom. The Morgan fingerprint density at radius 2 is 2.50 bits per heavy atom. The maximum atomic E-state index is 9.04. The van der Waals surface area contributed by atoms with Gasteiger partial charge < -0.3 is 9.84 Å². The van der Waals surface area contributed by atoms with Crippen molar-refractivity contribution in [3.63, 3.8) is 0 Å². The van der Waals surface area contributed by atoms with E-state index in [1.165, 1.54) is 0 Å². The number of aliphatic hydroxyl groups excluding tert-OH is 1. The molecule has 0 aliphatic carbocycles. The fourth-order valence-electron chi connectivity index (χ4n) is 1.31. The van der Waals surface area contributed by atoms with E-state index in [0.717, 1.165) is 12.8 Å². The highest BCUT2D eigenvalue weighted by Crippen LogP contribution is 2.26. The minimum Gasteiger partial charge on any atom is -0.368 e. The summed E-state index contributed by atoms with van der Waals surface area (Å²) in [6.07, 6.45) is 3.09. The van der Waals surface area contributed by atoms with Gasteiger partial charge in [-0.3, -0.25) is 0 Å². The molecule has 58 valence electrons. The summed E-state index contributed by atoms with van der Waals surface area (Å²) in [5, 5.41) is 9.04. The summed E-state index contributed by atoms with van der Waals surface area (Å²) in [5.41, 5.74) is 0. The van der Waals surface area contributed by atoms with Gasteiger partial charge in [0, 0.05) is 6.42 Å². The molecule has 1 rings (SSSR count). The molecule has 0 amide bonds. The minimum absolute atomic E-state index is 0.187. The molecule has 2 heteroatoms. The highest BCUT2D eigenvalue weighted by Gasteiger charge is 2.29. The van der Waals surface area contributed by atoms with E-state index in [4.69, 9.17) is 9.84 Å². The lowest BCUT2D eigenvalue weighted by atomic mass is 10.0. The van der Waals surface area contributed by atoms with Crippen molar-refractivity contribution in [2.75, 3.05) is 0 Å². The molecule has 1 fully saturated rings. The highest BCUT2D eigenvalue weighted by atomic mass is 16.6. The van der Waals surface area contributed by atoms with Gasteiger partial charge in [-0.1, -0.05) is 13.0 Å². The van der Waals surface area contributed by atoms with Crippen molar-refractivity contribution in [1.82, 2.24) is 0 Å². The lowest BCUT2D eigenvalue weighted by Gasteiger charge is -2.10. The van der Waals surface area contributed by atoms with Crippen LogP contribution in [0, 0.1) is 5.92 Å². The van der Waals surface area contributed by atoms with Gasteiger partial charge in [0.15, 0.2) is 6.29 Å². The molecule has 0 aromatic heterocycles. The van der Waals surface area contributed by atoms with Gasteiger partial charge in [0.2, 0.25) is 0 Å². The molecule has 1 heterocycles. The summed E-state index contributed by atoms with van der Waals surface area (Å²) in [6.45, 7) is 5.71. The molecule has 1 N–H and O–H groups in total. The van der Waals surface area contributed by atoms with E-state index in [2.05, 4.69) is 13.5 Å². The Morgan fingerprint density at radius 3 is 2.90 bits per heavy atom. The summed E-state index contributed by atoms with van der Waals surface area (Å²) in [6, 6.07) is 0. The van der Waals surface area contributed by atoms with Crippen molar-refractivity contribution < 1.29 is 9.84 Å². The molecule has 0 bridgehead atoms. The smallest absolute Gasteiger partial charge is 0.155 e. The van der Waals surface area contributed by atoms with Crippen LogP contribution in [-0.4, -0.2) is 17.5 Å². The molecule has 1 aliphatic heterocycles. The van der Waals surface area contributed by atoms with E-state index in [-0.39, 0.29) is 6.10 Å². The number of ether oxygens (including phenoxy) is 1. The number of aliphatic hydroxyl groups is 1. The van der Waals surface area contributed by atoms with E-state index in [0.29, 0.717) is 5.92 Å². The first-order chi connectivity index (χ1) is 4.74. The first kappa shape index (κ1) is 7.76. The molecule has 3 unspecified atom stereocenters. The second kappa shape index (κ2) is 3.17. The van der Waals surface area contributed by atoms with Gasteiger partial charge in [0.05, 0.1) is 6.10 Å². The predicted molar refractivity (Wildman–Crippen MR) is 39.5 cm³/mol. The molecule has 1 aliphatic rings. The zero-order valence-corrected chi connectivity index (χ0v) is 6.29. The Balaban J connectivity index is 2.38. The van der Waals surface area contributed by atoms with Crippen molar-refractivity contribution in [2.24, 2.45) is 5.92 Å². The van der Waals surface area contributed by atoms with Crippen LogP contribution >= 0.6 is 0 Å². The van der Waals surface area contributed by atoms with Crippen molar-refractivity contribution in [3.05, 3.63) is 12.7 Å². The topological polar surface area (TPSA) is 29.5 Å². The molecule has 0 aromatic carbocycles. The molecule has 1 saturated heterocycles. The van der Waals surface area contributed by atoms with Crippen LogP contribution in [0.2, 0.25) is 0 Å². The van der Waals surface area contributed by atoms with Crippen LogP contribution in [0.5, 0.6) is 0 Å². The quantitative estimate of drug-likeness (QED) is 0.589. The maximum absolute atomic E-state index is 9.04. The van der Waals surface area contributed by atoms with Crippen LogP contribution < -0.4 is 0 Å². The summed E-state index contributed by atoms with van der Waals surface area (Å²) in [4.78, 5) is 0. The summed E-state index contributed by atoms with van der Waals surface area (Å²) < 4.78 is 5.20. The standard InChI is InChI=1S/C8H14O2/c1-3-4-7-6(2)5-8(9)10-7/h3,6-9H,1,4-5H2,2H3. The van der Waals surface area contributed by atoms with Gasteiger partial charge in [-0.2, -0.15) is 0 Å². The lowest BCUT2D eigenvalue weighted by Crippen LogP contribution is -2.12. The second-order valence-electron chi connectivity index (χ2n) is 2.87. The van der Waals surface area contributed by atoms with E-state index in [1.807, 2.05) is 6.08 Å². The predicted octanol–water partition coefficient (Wildman–Crippen LogP) is 1.31. The summed E-state index contributed by atoms with van der Waals surface area (Å²) >= 11 is 0. The fourth-order valence-corrected chi connectivity index (χ4v) is 1.31. The first-order valence-corrected chi connectivity index (χ1v) is 3.68. The monoisotopic (exact) mass is 142 g/mol. The van der Waals surface area contributed by atoms with Crippen LogP contribution in [0.3, 0.4) is 0 Å². The molecular formula is C8H14O2. The second-order valence-corrected chi connectivity index (χ2v) is 2.87.